The number of nitrogens with two attached hydrogens (primary N) is 3. The van der Waals surface area contributed by atoms with Gasteiger partial charge in [0.15, 0.2) is 17.2 Å². The average molecular weight is 1430 g/mol. The number of rotatable bonds is 26. The van der Waals surface area contributed by atoms with Gasteiger partial charge in [0.2, 0.25) is 10.0 Å². The zero-order valence-electron chi connectivity index (χ0n) is 43.9. The van der Waals surface area contributed by atoms with Gasteiger partial charge in [0, 0.05) is 21.1 Å². The first-order valence-electron chi connectivity index (χ1n) is 23.1. The van der Waals surface area contributed by atoms with Crippen molar-refractivity contribution in [2.24, 2.45) is 51.9 Å². The van der Waals surface area contributed by atoms with Crippen LogP contribution in [-0.4, -0.2) is 101 Å². The van der Waals surface area contributed by atoms with Crippen molar-refractivity contribution in [1.29, 1.82) is 0 Å². The van der Waals surface area contributed by atoms with Crippen molar-refractivity contribution in [2.75, 3.05) is 5.73 Å². The van der Waals surface area contributed by atoms with E-state index in [2.05, 4.69) is 78.4 Å². The Balaban J connectivity index is 1.30. The summed E-state index contributed by atoms with van der Waals surface area (Å²) in [4.78, 5) is 23.1. The molecule has 0 fully saturated rings. The molecule has 8 aromatic carbocycles. The van der Waals surface area contributed by atoms with Crippen LogP contribution in [0.25, 0.3) is 32.3 Å². The number of sulfonamides is 1. The van der Waals surface area contributed by atoms with Gasteiger partial charge in [0.05, 0.1) is 90.0 Å². The molecule has 0 amide bonds. The third kappa shape index (κ3) is 15.4. The van der Waals surface area contributed by atoms with Crippen molar-refractivity contribution in [3.8, 4) is 17.2 Å². The predicted molar refractivity (Wildman–Crippen MR) is 310 cm³/mol. The van der Waals surface area contributed by atoms with Crippen LogP contribution in [0.3, 0.4) is 0 Å². The number of primary sulfonamides is 1. The lowest BCUT2D eigenvalue weighted by molar-refractivity contribution is -0.432. The molecule has 0 radical (unpaired) electrons. The highest BCUT2D eigenvalue weighted by Gasteiger charge is 2.29. The Morgan fingerprint density at radius 1 is 0.446 bits per heavy atom. The topological polar surface area (TPSA) is 644 Å². The van der Waals surface area contributed by atoms with Gasteiger partial charge in [-0.05, 0) is 95.7 Å². The molecular formula is C44H31N11O29S8. The van der Waals surface area contributed by atoms with Crippen molar-refractivity contribution in [3.63, 3.8) is 0 Å². The molecule has 40 nitrogen and oxygen atoms in total. The van der Waals surface area contributed by atoms with E-state index in [4.69, 9.17) is 32.5 Å². The fourth-order valence-corrected chi connectivity index (χ4v) is 12.4. The fraction of sp³-hybridized carbons (Fsp3) is 0. The second-order valence-electron chi connectivity index (χ2n) is 17.2. The van der Waals surface area contributed by atoms with Crippen molar-refractivity contribution in [1.82, 2.24) is 0 Å². The summed E-state index contributed by atoms with van der Waals surface area (Å²) >= 11 is 0.738. The van der Waals surface area contributed by atoms with E-state index in [0.29, 0.717) is 36.3 Å². The number of nitrogens with zero attached hydrogens (tertiary/aromatic N) is 8. The summed E-state index contributed by atoms with van der Waals surface area (Å²) in [6.45, 7) is 0. The molecule has 0 atom stereocenters. The lowest BCUT2D eigenvalue weighted by atomic mass is 10.0. The first-order chi connectivity index (χ1) is 43.3. The number of anilines is 1. The summed E-state index contributed by atoms with van der Waals surface area (Å²) in [5.41, 5.74) is -1.27. The maximum atomic E-state index is 13.1. The number of aromatic carboxylic acids is 2. The smallest absolute Gasteiger partial charge is 0.338 e. The molecule has 92 heavy (non-hydrogen) atoms. The van der Waals surface area contributed by atoms with Crippen LogP contribution in [0.2, 0.25) is 0 Å². The minimum absolute atomic E-state index is 0.0415. The molecule has 484 valence electrons. The lowest BCUT2D eigenvalue weighted by Gasteiger charge is -2.15. The zero-order valence-corrected chi connectivity index (χ0v) is 50.5. The molecule has 0 heterocycles. The second-order valence-corrected chi connectivity index (χ2v) is 25.9. The van der Waals surface area contributed by atoms with Crippen LogP contribution < -0.4 is 16.8 Å². The number of carboxylic acid groups (broad SMARTS) is 2. The van der Waals surface area contributed by atoms with Gasteiger partial charge in [-0.15, -0.1) is 63.2 Å². The molecule has 0 spiro atoms. The van der Waals surface area contributed by atoms with Gasteiger partial charge in [-0.3, -0.25) is 13.7 Å². The van der Waals surface area contributed by atoms with Crippen LogP contribution in [-0.2, 0) is 77.8 Å². The van der Waals surface area contributed by atoms with E-state index < -0.39 is 172 Å². The number of fused-ring (bicyclic) bond motifs is 3. The minimum Gasteiger partial charge on any atom is -0.505 e. The third-order valence-electron chi connectivity index (χ3n) is 11.8. The average Bonchev–Trinajstić information content (AvgIpc) is 0.760. The van der Waals surface area contributed by atoms with Gasteiger partial charge >= 0.3 is 11.9 Å². The van der Waals surface area contributed by atoms with Crippen LogP contribution in [0.15, 0.2) is 165 Å². The number of aromatic hydroxyl groups is 3. The SMILES string of the molecule is NOOSc1ccc(N=Nc2c(SOOO)cc3cc(S(=O)(=O)O)c(N=Nc4c(SOOO)cc5c(S(=O)(=O)O)cc(N=Nc6cc7c(O)c(N=Nc8ccc(S(N)(=O)=O)cc8C(=O)O)c(S(=O)(=O)O)cc7cc6SOOO)c(N)c5c4O)cc3c2O)c(C(=O)O)c1. The highest BCUT2D eigenvalue weighted by atomic mass is 32.2. The van der Waals surface area contributed by atoms with Crippen LogP contribution in [0, 0.1) is 0 Å². The number of carbonyl (C=O) groups is 2. The van der Waals surface area contributed by atoms with Gasteiger partial charge < -0.3 is 31.3 Å². The Kier molecular flexibility index (Phi) is 21.3. The summed E-state index contributed by atoms with van der Waals surface area (Å²) in [6.07, 6.45) is 0. The Hall–Kier alpha value is -8.36. The molecule has 48 heteroatoms. The van der Waals surface area contributed by atoms with Gasteiger partial charge in [-0.1, -0.05) is 15.1 Å². The van der Waals surface area contributed by atoms with E-state index in [-0.39, 0.29) is 67.3 Å². The molecule has 0 aliphatic carbocycles. The number of hydrogen-bond acceptors (Lipinski definition) is 38. The monoisotopic (exact) mass is 1430 g/mol. The largest absolute Gasteiger partial charge is 0.505 e. The summed E-state index contributed by atoms with van der Waals surface area (Å²) in [7, 11) is -20.8. The van der Waals surface area contributed by atoms with Gasteiger partial charge in [0.25, 0.3) is 30.4 Å². The maximum Gasteiger partial charge on any atom is 0.338 e. The Morgan fingerprint density at radius 2 is 0.902 bits per heavy atom. The molecule has 0 saturated heterocycles. The molecule has 0 aliphatic rings. The summed E-state index contributed by atoms with van der Waals surface area (Å²) < 4.78 is 151. The van der Waals surface area contributed by atoms with E-state index in [9.17, 15) is 82.5 Å². The second kappa shape index (κ2) is 28.2. The molecule has 8 aromatic rings. The highest BCUT2D eigenvalue weighted by Crippen LogP contribution is 2.52. The Bertz CT molecular complexity index is 4970. The standard InChI is InChI=1S/C44H31N11O29S8/c45-36-28(52-50-26-11-19-15(5-29(26)86-82-78-63)8-34(92(74,75)76)39(41(19)57)55-49-25-4-2-18(89(47,66)67)10-22(25)44(61)62)14-32(90(68,69)70)23-13-31(88-84-80-65)38(42(58)35(23)36)54-51-27-12-20-16(7-33(27)91(71,72)73)6-30(87-83-79-64)37(40(20)56)53-48-24-3-1-17(85-81-77-46)9-21(24)43(59)60/h1-14,56-58,63-65H,45-46H2,(H,59,60)(H,61,62)(H2,47,66,67)(H,68,69,70)(H,71,72,73)(H,74,75,76). The molecular weight excluding hydrogens is 1400 g/mol. The molecule has 8 rings (SSSR count). The zero-order chi connectivity index (χ0) is 67.4. The number of phenols is 3. The van der Waals surface area contributed by atoms with Gasteiger partial charge in [-0.25, -0.2) is 38.9 Å². The summed E-state index contributed by atoms with van der Waals surface area (Å²) in [5.74, 6) is -1.75. The van der Waals surface area contributed by atoms with Gasteiger partial charge in [-0.2, -0.15) is 31.2 Å². The van der Waals surface area contributed by atoms with E-state index in [1.807, 2.05) is 0 Å². The lowest BCUT2D eigenvalue weighted by Crippen LogP contribution is -2.13. The predicted octanol–water partition coefficient (Wildman–Crippen LogP) is 10.4. The van der Waals surface area contributed by atoms with Crippen molar-refractivity contribution in [2.45, 2.75) is 39.2 Å². The molecule has 0 aromatic heterocycles. The summed E-state index contributed by atoms with van der Waals surface area (Å²) in [6, 6.07) is 12.2. The molecule has 17 N–H and O–H groups in total. The Morgan fingerprint density at radius 3 is 1.45 bits per heavy atom. The first kappa shape index (κ1) is 69.5. The van der Waals surface area contributed by atoms with Gasteiger partial charge in [0.1, 0.15) is 60.2 Å². The maximum absolute atomic E-state index is 13.1. The van der Waals surface area contributed by atoms with Crippen LogP contribution >= 0.6 is 48.2 Å². The van der Waals surface area contributed by atoms with E-state index in [1.54, 1.807) is 0 Å². The van der Waals surface area contributed by atoms with Crippen molar-refractivity contribution < 1.29 is 136 Å². The number of hydrogen-bond donors (Lipinski definition) is 14. The number of nitrogen functional groups attached to an aromatic ring is 1. The van der Waals surface area contributed by atoms with Crippen LogP contribution in [0.1, 0.15) is 20.7 Å². The van der Waals surface area contributed by atoms with E-state index in [0.717, 1.165) is 54.6 Å². The Labute approximate surface area is 526 Å². The van der Waals surface area contributed by atoms with Crippen molar-refractivity contribution >= 4 is 184 Å². The number of benzene rings is 8. The molecule has 0 saturated carbocycles. The van der Waals surface area contributed by atoms with Crippen LogP contribution in [0.5, 0.6) is 17.2 Å². The summed E-state index contributed by atoms with van der Waals surface area (Å²) in [5, 5.41) is 126. The van der Waals surface area contributed by atoms with Crippen molar-refractivity contribution in [3.05, 3.63) is 96.1 Å². The molecule has 0 aliphatic heterocycles. The highest BCUT2D eigenvalue weighted by molar-refractivity contribution is 7.95. The fourth-order valence-electron chi connectivity index (χ4n) is 7.98. The van der Waals surface area contributed by atoms with E-state index in [1.165, 1.54) is 6.07 Å². The normalized spacial score (nSPS) is 12.7. The third-order valence-corrected chi connectivity index (χ3v) is 17.8. The quantitative estimate of drug-likeness (QED) is 0.00598. The minimum atomic E-state index is -5.49. The molecule has 0 unspecified atom stereocenters. The first-order valence-corrected chi connectivity index (χ1v) is 31.9. The van der Waals surface area contributed by atoms with Crippen LogP contribution in [0.4, 0.5) is 51.2 Å². The number of azo groups is 4. The molecule has 0 bridgehead atoms. The van der Waals surface area contributed by atoms with E-state index >= 15 is 0 Å². The number of phenolic OH excluding ortho intramolecular Hbond substituents is 3. The number of carboxylic acids is 2.